The Morgan fingerprint density at radius 2 is 1.77 bits per heavy atom. The van der Waals surface area contributed by atoms with Crippen molar-refractivity contribution in [1.82, 2.24) is 14.6 Å². The van der Waals surface area contributed by atoms with Gasteiger partial charge in [-0.15, -0.1) is 12.4 Å². The number of amides is 1. The van der Waals surface area contributed by atoms with Gasteiger partial charge in [0.1, 0.15) is 0 Å². The van der Waals surface area contributed by atoms with Gasteiger partial charge in [-0.2, -0.15) is 4.31 Å². The maximum absolute atomic E-state index is 13.2. The highest BCUT2D eigenvalue weighted by molar-refractivity contribution is 7.89. The van der Waals surface area contributed by atoms with Crippen LogP contribution < -0.4 is 5.32 Å². The van der Waals surface area contributed by atoms with Crippen LogP contribution in [-0.4, -0.2) is 43.2 Å². The van der Waals surface area contributed by atoms with Gasteiger partial charge in [-0.05, 0) is 37.0 Å². The summed E-state index contributed by atoms with van der Waals surface area (Å²) in [6.45, 7) is 1.28. The minimum absolute atomic E-state index is 0. The Hall–Kier alpha value is -2.48. The molecule has 1 fully saturated rings. The van der Waals surface area contributed by atoms with Gasteiger partial charge >= 0.3 is 0 Å². The lowest BCUT2D eigenvalue weighted by molar-refractivity contribution is -0.126. The van der Waals surface area contributed by atoms with Gasteiger partial charge in [-0.25, -0.2) is 8.42 Å². The molecule has 2 aromatic carbocycles. The predicted octanol–water partition coefficient (Wildman–Crippen LogP) is 3.42. The Morgan fingerprint density at radius 3 is 2.52 bits per heavy atom. The molecular weight excluding hydrogens is 434 g/mol. The van der Waals surface area contributed by atoms with Gasteiger partial charge in [0.05, 0.1) is 4.90 Å². The molecule has 0 saturated carbocycles. The van der Waals surface area contributed by atoms with Crippen molar-refractivity contribution in [2.24, 2.45) is 5.92 Å². The molecule has 1 amide bonds. The molecular formula is C23H26ClN3O3S. The van der Waals surface area contributed by atoms with Gasteiger partial charge < -0.3 is 5.32 Å². The molecule has 0 aliphatic carbocycles. The first-order chi connectivity index (χ1) is 14.6. The van der Waals surface area contributed by atoms with Crippen molar-refractivity contribution in [1.29, 1.82) is 0 Å². The van der Waals surface area contributed by atoms with Crippen LogP contribution in [0.2, 0.25) is 0 Å². The van der Waals surface area contributed by atoms with Crippen molar-refractivity contribution in [3.8, 4) is 0 Å². The third-order valence-electron chi connectivity index (χ3n) is 5.64. The molecule has 1 saturated heterocycles. The zero-order valence-electron chi connectivity index (χ0n) is 17.1. The number of carbonyl (C=O) groups excluding carboxylic acids is 1. The average Bonchev–Trinajstić information content (AvgIpc) is 2.79. The number of hydrogen-bond donors (Lipinski definition) is 1. The molecule has 0 spiro atoms. The summed E-state index contributed by atoms with van der Waals surface area (Å²) in [7, 11) is -3.62. The van der Waals surface area contributed by atoms with Crippen molar-refractivity contribution in [2.45, 2.75) is 24.2 Å². The van der Waals surface area contributed by atoms with E-state index >= 15 is 0 Å². The first kappa shape index (κ1) is 23.2. The largest absolute Gasteiger partial charge is 0.356 e. The van der Waals surface area contributed by atoms with E-state index in [0.29, 0.717) is 42.8 Å². The first-order valence-electron chi connectivity index (χ1n) is 10.2. The van der Waals surface area contributed by atoms with Gasteiger partial charge in [0.25, 0.3) is 0 Å². The van der Waals surface area contributed by atoms with Gasteiger partial charge in [-0.3, -0.25) is 9.78 Å². The first-order valence-corrected chi connectivity index (χ1v) is 11.6. The lowest BCUT2D eigenvalue weighted by Gasteiger charge is -2.30. The second-order valence-corrected chi connectivity index (χ2v) is 9.46. The number of pyridine rings is 1. The molecule has 0 bridgehead atoms. The standard InChI is InChI=1S/C23H25N3O3S.ClH/c27-23(25-14-9-18-5-2-1-3-6-18)19-11-15-26(16-12-19)30(28,29)22-8-4-7-20-17-24-13-10-21(20)22;/h1-8,10,13,17,19H,9,11-12,14-16H2,(H,25,27);1H. The molecule has 0 atom stereocenters. The van der Waals surface area contributed by atoms with Crippen LogP contribution in [-0.2, 0) is 21.2 Å². The maximum Gasteiger partial charge on any atom is 0.243 e. The monoisotopic (exact) mass is 459 g/mol. The van der Waals surface area contributed by atoms with Gasteiger partial charge in [-0.1, -0.05) is 42.5 Å². The average molecular weight is 460 g/mol. The molecule has 1 aliphatic heterocycles. The molecule has 4 rings (SSSR count). The van der Waals surface area contributed by atoms with E-state index in [1.54, 1.807) is 30.6 Å². The lowest BCUT2D eigenvalue weighted by atomic mass is 9.97. The fraction of sp³-hybridized carbons (Fsp3) is 0.304. The number of halogens is 1. The van der Waals surface area contributed by atoms with Crippen molar-refractivity contribution in [3.63, 3.8) is 0 Å². The SMILES string of the molecule is Cl.O=C(NCCc1ccccc1)C1CCN(S(=O)(=O)c2cccc3cnccc23)CC1. The molecule has 1 N–H and O–H groups in total. The minimum Gasteiger partial charge on any atom is -0.356 e. The third kappa shape index (κ3) is 5.23. The van der Waals surface area contributed by atoms with E-state index < -0.39 is 10.0 Å². The summed E-state index contributed by atoms with van der Waals surface area (Å²) in [6, 6.07) is 17.0. The number of rotatable bonds is 6. The van der Waals surface area contributed by atoms with Crippen LogP contribution in [0, 0.1) is 5.92 Å². The summed E-state index contributed by atoms with van der Waals surface area (Å²) in [5.74, 6) is -0.136. The van der Waals surface area contributed by atoms with Gasteiger partial charge in [0, 0.05) is 48.7 Å². The normalized spacial score (nSPS) is 15.4. The van der Waals surface area contributed by atoms with E-state index in [9.17, 15) is 13.2 Å². The number of sulfonamides is 1. The zero-order valence-corrected chi connectivity index (χ0v) is 18.7. The van der Waals surface area contributed by atoms with Crippen molar-refractivity contribution in [3.05, 3.63) is 72.6 Å². The third-order valence-corrected chi connectivity index (χ3v) is 7.60. The minimum atomic E-state index is -3.62. The number of benzene rings is 2. The summed E-state index contributed by atoms with van der Waals surface area (Å²) in [5, 5.41) is 4.47. The highest BCUT2D eigenvalue weighted by atomic mass is 35.5. The molecule has 1 aliphatic rings. The van der Waals surface area contributed by atoms with Crippen molar-refractivity contribution >= 4 is 39.1 Å². The topological polar surface area (TPSA) is 79.4 Å². The second-order valence-electron chi connectivity index (χ2n) is 7.56. The maximum atomic E-state index is 13.2. The van der Waals surface area contributed by atoms with Crippen LogP contribution in [0.3, 0.4) is 0 Å². The van der Waals surface area contributed by atoms with E-state index in [1.807, 2.05) is 36.4 Å². The summed E-state index contributed by atoms with van der Waals surface area (Å²) < 4.78 is 27.9. The predicted molar refractivity (Wildman–Crippen MR) is 124 cm³/mol. The highest BCUT2D eigenvalue weighted by Gasteiger charge is 2.32. The van der Waals surface area contributed by atoms with E-state index in [1.165, 1.54) is 9.87 Å². The molecule has 0 radical (unpaired) electrons. The Morgan fingerprint density at radius 1 is 1.03 bits per heavy atom. The molecule has 3 aromatic rings. The van der Waals surface area contributed by atoms with Crippen LogP contribution >= 0.6 is 12.4 Å². The second kappa shape index (κ2) is 10.2. The number of nitrogens with one attached hydrogen (secondary N) is 1. The quantitative estimate of drug-likeness (QED) is 0.612. The van der Waals surface area contributed by atoms with Gasteiger partial charge in [0.2, 0.25) is 15.9 Å². The molecule has 2 heterocycles. The summed E-state index contributed by atoms with van der Waals surface area (Å²) in [5.41, 5.74) is 1.18. The Balaban J connectivity index is 0.00000272. The highest BCUT2D eigenvalue weighted by Crippen LogP contribution is 2.28. The molecule has 1 aromatic heterocycles. The number of nitrogens with zero attached hydrogens (tertiary/aromatic N) is 2. The Bertz CT molecular complexity index is 1130. The number of aromatic nitrogens is 1. The zero-order chi connectivity index (χ0) is 21.0. The van der Waals surface area contributed by atoms with E-state index in [0.717, 1.165) is 11.8 Å². The van der Waals surface area contributed by atoms with E-state index in [2.05, 4.69) is 10.3 Å². The number of fused-ring (bicyclic) bond motifs is 1. The smallest absolute Gasteiger partial charge is 0.243 e. The molecule has 31 heavy (non-hydrogen) atoms. The fourth-order valence-electron chi connectivity index (χ4n) is 3.93. The van der Waals surface area contributed by atoms with E-state index in [4.69, 9.17) is 0 Å². The molecule has 164 valence electrons. The van der Waals surface area contributed by atoms with Crippen LogP contribution in [0.25, 0.3) is 10.8 Å². The number of piperidine rings is 1. The molecule has 8 heteroatoms. The van der Waals surface area contributed by atoms with E-state index in [-0.39, 0.29) is 24.2 Å². The van der Waals surface area contributed by atoms with Gasteiger partial charge in [0.15, 0.2) is 0 Å². The Kier molecular flexibility index (Phi) is 7.64. The fourth-order valence-corrected chi connectivity index (χ4v) is 5.62. The molecule has 0 unspecified atom stereocenters. The summed E-state index contributed by atoms with van der Waals surface area (Å²) >= 11 is 0. The van der Waals surface area contributed by atoms with Crippen LogP contribution in [0.15, 0.2) is 71.9 Å². The number of carbonyl (C=O) groups is 1. The Labute approximate surface area is 189 Å². The van der Waals surface area contributed by atoms with Crippen LogP contribution in [0.1, 0.15) is 18.4 Å². The number of hydrogen-bond acceptors (Lipinski definition) is 4. The summed E-state index contributed by atoms with van der Waals surface area (Å²) in [6.07, 6.45) is 5.12. The van der Waals surface area contributed by atoms with Crippen LogP contribution in [0.5, 0.6) is 0 Å². The lowest BCUT2D eigenvalue weighted by Crippen LogP contribution is -2.43. The van der Waals surface area contributed by atoms with Crippen molar-refractivity contribution in [2.75, 3.05) is 19.6 Å². The summed E-state index contributed by atoms with van der Waals surface area (Å²) in [4.78, 5) is 16.9. The van der Waals surface area contributed by atoms with Crippen LogP contribution in [0.4, 0.5) is 0 Å². The molecule has 6 nitrogen and oxygen atoms in total. The van der Waals surface area contributed by atoms with Crippen molar-refractivity contribution < 1.29 is 13.2 Å².